The van der Waals surface area contributed by atoms with Crippen molar-refractivity contribution < 1.29 is 69.3 Å². The van der Waals surface area contributed by atoms with E-state index in [1.807, 2.05) is 100 Å². The van der Waals surface area contributed by atoms with Crippen molar-refractivity contribution in [3.05, 3.63) is 129 Å². The Bertz CT molecular complexity index is 1950. The number of aryl methyl sites for hydroxylation is 2. The van der Waals surface area contributed by atoms with E-state index in [2.05, 4.69) is 0 Å². The maximum Gasteiger partial charge on any atom is 0.225 e. The molecule has 14 nitrogen and oxygen atoms in total. The molecule has 8 N–H and O–H groups in total. The molecule has 60 heavy (non-hydrogen) atoms. The van der Waals surface area contributed by atoms with Crippen molar-refractivity contribution >= 4 is 0 Å². The molecule has 0 amide bonds. The van der Waals surface area contributed by atoms with E-state index >= 15 is 0 Å². The molecule has 14 heteroatoms. The zero-order valence-corrected chi connectivity index (χ0v) is 34.2. The Morgan fingerprint density at radius 2 is 0.900 bits per heavy atom. The first-order valence-corrected chi connectivity index (χ1v) is 20.3. The van der Waals surface area contributed by atoms with Gasteiger partial charge in [-0.3, -0.25) is 0 Å². The Morgan fingerprint density at radius 1 is 0.533 bits per heavy atom. The van der Waals surface area contributed by atoms with Crippen LogP contribution in [0.1, 0.15) is 58.4 Å². The first-order valence-electron chi connectivity index (χ1n) is 20.3. The summed E-state index contributed by atoms with van der Waals surface area (Å²) in [4.78, 5) is 0. The Labute approximate surface area is 349 Å². The van der Waals surface area contributed by atoms with Crippen molar-refractivity contribution in [2.45, 2.75) is 99.9 Å². The number of hydrogen-bond donors (Lipinski definition) is 8. The molecule has 4 bridgehead atoms. The van der Waals surface area contributed by atoms with Crippen LogP contribution in [0.3, 0.4) is 0 Å². The minimum atomic E-state index is -1.65. The van der Waals surface area contributed by atoms with Crippen LogP contribution in [0.25, 0.3) is 0 Å². The van der Waals surface area contributed by atoms with Gasteiger partial charge in [-0.1, -0.05) is 48.5 Å². The van der Waals surface area contributed by atoms with E-state index in [4.69, 9.17) is 28.4 Å². The molecule has 10 atom stereocenters. The van der Waals surface area contributed by atoms with E-state index in [9.17, 15) is 40.9 Å². The third kappa shape index (κ3) is 7.74. The fraction of sp³-hybridized carbons (Fsp3) is 0.478. The van der Waals surface area contributed by atoms with Gasteiger partial charge in [0.15, 0.2) is 0 Å². The molecule has 0 saturated carbocycles. The van der Waals surface area contributed by atoms with Crippen LogP contribution in [-0.4, -0.2) is 128 Å². The number of aliphatic hydroxyl groups is 8. The number of fused-ring (bicyclic) bond motifs is 4. The van der Waals surface area contributed by atoms with Crippen LogP contribution in [0.4, 0.5) is 0 Å². The van der Waals surface area contributed by atoms with Crippen LogP contribution in [-0.2, 0) is 43.4 Å². The van der Waals surface area contributed by atoms with Gasteiger partial charge in [0, 0.05) is 11.1 Å². The van der Waals surface area contributed by atoms with Crippen molar-refractivity contribution in [2.24, 2.45) is 0 Å². The molecular weight excluding hydrogens is 776 g/mol. The van der Waals surface area contributed by atoms with Crippen molar-refractivity contribution in [1.29, 1.82) is 0 Å². The van der Waals surface area contributed by atoms with E-state index in [0.717, 1.165) is 44.9 Å². The highest BCUT2D eigenvalue weighted by atomic mass is 16.8. The number of hydrogen-bond acceptors (Lipinski definition) is 14. The summed E-state index contributed by atoms with van der Waals surface area (Å²) in [5, 5.41) is 82.5. The lowest BCUT2D eigenvalue weighted by molar-refractivity contribution is -0.329. The molecule has 8 rings (SSSR count). The van der Waals surface area contributed by atoms with Gasteiger partial charge in [0.05, 0.1) is 39.6 Å². The summed E-state index contributed by atoms with van der Waals surface area (Å²) in [6.45, 7) is 7.75. The predicted molar refractivity (Wildman–Crippen MR) is 216 cm³/mol. The number of rotatable bonds is 12. The molecule has 0 radical (unpaired) electrons. The standard InChI is InChI=1S/2C23H28O7/c2*1-3-28-18-8-5-15(6-9-18)10-16-11-17(7-4-14(16)2)23-21(27)19(25)20(26)22(12-24,30-23)13-29-23/h2*4-9,11,19-21,24-27H,3,10,12-13H2,1-2H3/t19-,20-,21+,22-,23-;19-,20-,21-,22-,23-/m00/s1. The summed E-state index contributed by atoms with van der Waals surface area (Å²) < 4.78 is 34.5. The molecule has 4 aliphatic rings. The van der Waals surface area contributed by atoms with Gasteiger partial charge in [-0.2, -0.15) is 0 Å². The Hall–Kier alpha value is -4.00. The van der Waals surface area contributed by atoms with E-state index in [-0.39, 0.29) is 13.2 Å². The summed E-state index contributed by atoms with van der Waals surface area (Å²) in [5.41, 5.74) is 4.42. The maximum absolute atomic E-state index is 10.7. The maximum atomic E-state index is 10.7. The van der Waals surface area contributed by atoms with Crippen LogP contribution in [0, 0.1) is 13.8 Å². The Kier molecular flexibility index (Phi) is 12.8. The monoisotopic (exact) mass is 832 g/mol. The lowest BCUT2D eigenvalue weighted by atomic mass is 9.83. The second-order valence-electron chi connectivity index (χ2n) is 16.1. The molecular formula is C46H56O14. The SMILES string of the molecule is CCOc1ccc(Cc2cc([C@]34OC[C@](CO)(O3)[C@@H](O)[C@H](O)[C@@H]4O)ccc2C)cc1.CCOc1ccc(Cc2cc([C@]34OC[C@](CO)(O3)[C@@H](O)[C@H](O)[C@H]4O)ccc2C)cc1. The zero-order chi connectivity index (χ0) is 43.0. The zero-order valence-electron chi connectivity index (χ0n) is 34.2. The smallest absolute Gasteiger partial charge is 0.225 e. The summed E-state index contributed by atoms with van der Waals surface area (Å²) in [6.07, 6.45) is -7.65. The van der Waals surface area contributed by atoms with Crippen molar-refractivity contribution in [1.82, 2.24) is 0 Å². The Morgan fingerprint density at radius 3 is 1.23 bits per heavy atom. The predicted octanol–water partition coefficient (Wildman–Crippen LogP) is 2.02. The van der Waals surface area contributed by atoms with Gasteiger partial charge in [-0.05, 0) is 110 Å². The first-order chi connectivity index (χ1) is 28.7. The second-order valence-corrected chi connectivity index (χ2v) is 16.1. The molecule has 4 saturated heterocycles. The fourth-order valence-corrected chi connectivity index (χ4v) is 8.49. The van der Waals surface area contributed by atoms with Gasteiger partial charge >= 0.3 is 0 Å². The minimum absolute atomic E-state index is 0.138. The lowest BCUT2D eigenvalue weighted by Gasteiger charge is -2.46. The van der Waals surface area contributed by atoms with Crippen LogP contribution >= 0.6 is 0 Å². The van der Waals surface area contributed by atoms with E-state index in [1.165, 1.54) is 0 Å². The molecule has 0 unspecified atom stereocenters. The molecule has 4 aromatic carbocycles. The molecule has 4 aliphatic heterocycles. The van der Waals surface area contributed by atoms with Crippen molar-refractivity contribution in [3.63, 3.8) is 0 Å². The third-order valence-electron chi connectivity index (χ3n) is 12.2. The summed E-state index contributed by atoms with van der Waals surface area (Å²) in [6, 6.07) is 26.9. The minimum Gasteiger partial charge on any atom is -0.494 e. The molecule has 4 fully saturated rings. The highest BCUT2D eigenvalue weighted by Crippen LogP contribution is 2.51. The normalized spacial score (nSPS) is 32.9. The second kappa shape index (κ2) is 17.4. The Balaban J connectivity index is 0.000000181. The van der Waals surface area contributed by atoms with Crippen molar-refractivity contribution in [3.8, 4) is 11.5 Å². The van der Waals surface area contributed by atoms with E-state index in [0.29, 0.717) is 37.2 Å². The van der Waals surface area contributed by atoms with E-state index < -0.39 is 72.6 Å². The van der Waals surface area contributed by atoms with Gasteiger partial charge in [0.25, 0.3) is 0 Å². The number of aliphatic hydroxyl groups excluding tert-OH is 8. The van der Waals surface area contributed by atoms with Gasteiger partial charge in [-0.25, -0.2) is 0 Å². The van der Waals surface area contributed by atoms with Gasteiger partial charge < -0.3 is 69.3 Å². The first kappa shape index (κ1) is 44.1. The van der Waals surface area contributed by atoms with Gasteiger partial charge in [-0.15, -0.1) is 0 Å². The van der Waals surface area contributed by atoms with Crippen LogP contribution in [0.5, 0.6) is 11.5 Å². The highest BCUT2D eigenvalue weighted by molar-refractivity contribution is 5.41. The summed E-state index contributed by atoms with van der Waals surface area (Å²) >= 11 is 0. The lowest BCUT2D eigenvalue weighted by Crippen LogP contribution is -2.65. The summed E-state index contributed by atoms with van der Waals surface area (Å²) in [7, 11) is 0. The average molecular weight is 833 g/mol. The third-order valence-corrected chi connectivity index (χ3v) is 12.2. The molecule has 0 aliphatic carbocycles. The number of ether oxygens (including phenoxy) is 6. The topological polar surface area (TPSA) is 217 Å². The quantitative estimate of drug-likeness (QED) is 0.103. The molecule has 4 aromatic rings. The van der Waals surface area contributed by atoms with E-state index in [1.54, 1.807) is 12.1 Å². The highest BCUT2D eigenvalue weighted by Gasteiger charge is 2.68. The molecule has 4 heterocycles. The largest absolute Gasteiger partial charge is 0.494 e. The van der Waals surface area contributed by atoms with Crippen molar-refractivity contribution in [2.75, 3.05) is 39.6 Å². The molecule has 0 spiro atoms. The molecule has 324 valence electrons. The summed E-state index contributed by atoms with van der Waals surface area (Å²) in [5.74, 6) is -1.67. The average Bonchev–Trinajstić information content (AvgIpc) is 3.84. The molecule has 0 aromatic heterocycles. The van der Waals surface area contributed by atoms with Crippen LogP contribution in [0.2, 0.25) is 0 Å². The van der Waals surface area contributed by atoms with Gasteiger partial charge in [0.1, 0.15) is 59.3 Å². The van der Waals surface area contributed by atoms with Crippen LogP contribution in [0.15, 0.2) is 84.9 Å². The fourth-order valence-electron chi connectivity index (χ4n) is 8.49. The van der Waals surface area contributed by atoms with Gasteiger partial charge in [0.2, 0.25) is 11.6 Å². The number of benzene rings is 4. The van der Waals surface area contributed by atoms with Crippen LogP contribution < -0.4 is 9.47 Å².